The minimum absolute atomic E-state index is 0.0347. The normalized spacial score (nSPS) is 12.2. The molecular weight excluding hydrogens is 279 g/mol. The van der Waals surface area contributed by atoms with Gasteiger partial charge < -0.3 is 11.1 Å². The molecule has 0 aliphatic carbocycles. The maximum atomic E-state index is 6.20. The highest BCUT2D eigenvalue weighted by Crippen LogP contribution is 2.27. The van der Waals surface area contributed by atoms with Crippen molar-refractivity contribution in [2.45, 2.75) is 13.0 Å². The summed E-state index contributed by atoms with van der Waals surface area (Å²) in [5, 5.41) is 4.81. The van der Waals surface area contributed by atoms with Crippen molar-refractivity contribution in [3.8, 4) is 0 Å². The van der Waals surface area contributed by atoms with Crippen LogP contribution in [0, 0.1) is 6.92 Å². The number of anilines is 1. The van der Waals surface area contributed by atoms with E-state index in [9.17, 15) is 0 Å². The molecule has 0 aromatic heterocycles. The standard InChI is InChI=1S/C15H16Cl2N2/c1-10-6-7-11(8-14(10)17)19-15(9-18)12-4-2-3-5-13(12)16/h2-8,15,19H,9,18H2,1H3. The van der Waals surface area contributed by atoms with Crippen LogP contribution in [0.15, 0.2) is 42.5 Å². The first kappa shape index (κ1) is 14.2. The summed E-state index contributed by atoms with van der Waals surface area (Å²) in [7, 11) is 0. The zero-order valence-corrected chi connectivity index (χ0v) is 12.2. The van der Waals surface area contributed by atoms with Crippen LogP contribution >= 0.6 is 23.2 Å². The van der Waals surface area contributed by atoms with Crippen molar-refractivity contribution in [3.63, 3.8) is 0 Å². The zero-order chi connectivity index (χ0) is 13.8. The van der Waals surface area contributed by atoms with E-state index in [1.165, 1.54) is 0 Å². The van der Waals surface area contributed by atoms with E-state index in [-0.39, 0.29) is 6.04 Å². The molecule has 0 saturated heterocycles. The van der Waals surface area contributed by atoms with E-state index < -0.39 is 0 Å². The smallest absolute Gasteiger partial charge is 0.0650 e. The minimum atomic E-state index is -0.0347. The average molecular weight is 295 g/mol. The number of halogens is 2. The summed E-state index contributed by atoms with van der Waals surface area (Å²) in [6.45, 7) is 2.43. The topological polar surface area (TPSA) is 38.0 Å². The van der Waals surface area contributed by atoms with Gasteiger partial charge in [-0.05, 0) is 36.2 Å². The van der Waals surface area contributed by atoms with Crippen LogP contribution < -0.4 is 11.1 Å². The molecule has 2 aromatic rings. The lowest BCUT2D eigenvalue weighted by molar-refractivity contribution is 0.790. The van der Waals surface area contributed by atoms with Crippen molar-refractivity contribution in [2.24, 2.45) is 5.73 Å². The molecule has 19 heavy (non-hydrogen) atoms. The Morgan fingerprint density at radius 2 is 1.84 bits per heavy atom. The third kappa shape index (κ3) is 3.41. The summed E-state index contributed by atoms with van der Waals surface area (Å²) in [4.78, 5) is 0. The molecule has 0 spiro atoms. The third-order valence-electron chi connectivity index (χ3n) is 3.03. The lowest BCUT2D eigenvalue weighted by Gasteiger charge is -2.20. The molecule has 0 amide bonds. The SMILES string of the molecule is Cc1ccc(NC(CN)c2ccccc2Cl)cc1Cl. The first-order valence-corrected chi connectivity index (χ1v) is 6.84. The van der Waals surface area contributed by atoms with E-state index in [0.717, 1.165) is 21.8 Å². The largest absolute Gasteiger partial charge is 0.377 e. The van der Waals surface area contributed by atoms with Crippen LogP contribution in [0.25, 0.3) is 0 Å². The molecule has 0 aliphatic rings. The van der Waals surface area contributed by atoms with Crippen LogP contribution in [0.2, 0.25) is 10.0 Å². The highest BCUT2D eigenvalue weighted by Gasteiger charge is 2.12. The monoisotopic (exact) mass is 294 g/mol. The fourth-order valence-electron chi connectivity index (χ4n) is 1.91. The van der Waals surface area contributed by atoms with Gasteiger partial charge in [0.15, 0.2) is 0 Å². The number of aryl methyl sites for hydroxylation is 1. The van der Waals surface area contributed by atoms with Crippen molar-refractivity contribution in [1.82, 2.24) is 0 Å². The summed E-state index contributed by atoms with van der Waals surface area (Å²) in [6, 6.07) is 13.5. The Morgan fingerprint density at radius 3 is 2.47 bits per heavy atom. The van der Waals surface area contributed by atoms with Gasteiger partial charge in [-0.2, -0.15) is 0 Å². The minimum Gasteiger partial charge on any atom is -0.377 e. The lowest BCUT2D eigenvalue weighted by atomic mass is 10.1. The summed E-state index contributed by atoms with van der Waals surface area (Å²) < 4.78 is 0. The quantitative estimate of drug-likeness (QED) is 0.876. The Bertz CT molecular complexity index is 570. The van der Waals surface area contributed by atoms with Gasteiger partial charge in [0.05, 0.1) is 6.04 Å². The van der Waals surface area contributed by atoms with E-state index in [2.05, 4.69) is 5.32 Å². The second-order valence-electron chi connectivity index (χ2n) is 4.42. The Hall–Kier alpha value is -1.22. The second-order valence-corrected chi connectivity index (χ2v) is 5.23. The maximum Gasteiger partial charge on any atom is 0.0650 e. The Morgan fingerprint density at radius 1 is 1.11 bits per heavy atom. The summed E-state index contributed by atoms with van der Waals surface area (Å²) in [6.07, 6.45) is 0. The van der Waals surface area contributed by atoms with Crippen LogP contribution in [0.3, 0.4) is 0 Å². The van der Waals surface area contributed by atoms with Gasteiger partial charge in [-0.3, -0.25) is 0 Å². The summed E-state index contributed by atoms with van der Waals surface area (Å²) in [5.41, 5.74) is 8.81. The van der Waals surface area contributed by atoms with Crippen LogP contribution in [-0.4, -0.2) is 6.54 Å². The molecule has 0 heterocycles. The van der Waals surface area contributed by atoms with E-state index in [1.54, 1.807) is 0 Å². The molecule has 2 rings (SSSR count). The molecule has 0 bridgehead atoms. The van der Waals surface area contributed by atoms with E-state index in [4.69, 9.17) is 28.9 Å². The van der Waals surface area contributed by atoms with Gasteiger partial charge in [-0.1, -0.05) is 47.5 Å². The van der Waals surface area contributed by atoms with E-state index in [0.29, 0.717) is 11.6 Å². The number of benzene rings is 2. The first-order chi connectivity index (χ1) is 9.11. The predicted octanol–water partition coefficient (Wildman–Crippen LogP) is 4.41. The number of hydrogen-bond donors (Lipinski definition) is 2. The molecule has 3 N–H and O–H groups in total. The summed E-state index contributed by atoms with van der Waals surface area (Å²) in [5.74, 6) is 0. The molecule has 2 nitrogen and oxygen atoms in total. The van der Waals surface area contributed by atoms with Crippen LogP contribution in [0.5, 0.6) is 0 Å². The molecule has 100 valence electrons. The van der Waals surface area contributed by atoms with Gasteiger partial charge in [0.2, 0.25) is 0 Å². The Labute approximate surface area is 123 Å². The molecular formula is C15H16Cl2N2. The van der Waals surface area contributed by atoms with Crippen molar-refractivity contribution in [3.05, 3.63) is 63.6 Å². The molecule has 0 radical (unpaired) electrons. The number of nitrogens with one attached hydrogen (secondary N) is 1. The van der Waals surface area contributed by atoms with Gasteiger partial charge in [0, 0.05) is 22.3 Å². The molecule has 0 aliphatic heterocycles. The highest BCUT2D eigenvalue weighted by molar-refractivity contribution is 6.31. The number of nitrogens with two attached hydrogens (primary N) is 1. The molecule has 1 unspecified atom stereocenters. The fourth-order valence-corrected chi connectivity index (χ4v) is 2.35. The van der Waals surface area contributed by atoms with Crippen LogP contribution in [-0.2, 0) is 0 Å². The van der Waals surface area contributed by atoms with Gasteiger partial charge in [0.25, 0.3) is 0 Å². The molecule has 4 heteroatoms. The predicted molar refractivity (Wildman–Crippen MR) is 83.1 cm³/mol. The lowest BCUT2D eigenvalue weighted by Crippen LogP contribution is -2.20. The van der Waals surface area contributed by atoms with Gasteiger partial charge in [-0.25, -0.2) is 0 Å². The van der Waals surface area contributed by atoms with Gasteiger partial charge in [0.1, 0.15) is 0 Å². The zero-order valence-electron chi connectivity index (χ0n) is 10.7. The van der Waals surface area contributed by atoms with Gasteiger partial charge in [-0.15, -0.1) is 0 Å². The number of hydrogen-bond acceptors (Lipinski definition) is 2. The average Bonchev–Trinajstić information content (AvgIpc) is 2.41. The van der Waals surface area contributed by atoms with E-state index >= 15 is 0 Å². The molecule has 1 atom stereocenters. The van der Waals surface area contributed by atoms with Crippen LogP contribution in [0.4, 0.5) is 5.69 Å². The van der Waals surface area contributed by atoms with Crippen molar-refractivity contribution < 1.29 is 0 Å². The van der Waals surface area contributed by atoms with Crippen molar-refractivity contribution in [1.29, 1.82) is 0 Å². The Balaban J connectivity index is 2.24. The molecule has 0 fully saturated rings. The number of rotatable bonds is 4. The van der Waals surface area contributed by atoms with E-state index in [1.807, 2.05) is 49.4 Å². The van der Waals surface area contributed by atoms with Crippen molar-refractivity contribution >= 4 is 28.9 Å². The Kier molecular flexibility index (Phi) is 4.70. The highest BCUT2D eigenvalue weighted by atomic mass is 35.5. The fraction of sp³-hybridized carbons (Fsp3) is 0.200. The summed E-state index contributed by atoms with van der Waals surface area (Å²) >= 11 is 12.3. The maximum absolute atomic E-state index is 6.20. The van der Waals surface area contributed by atoms with Crippen LogP contribution in [0.1, 0.15) is 17.2 Å². The van der Waals surface area contributed by atoms with Crippen molar-refractivity contribution in [2.75, 3.05) is 11.9 Å². The van der Waals surface area contributed by atoms with Gasteiger partial charge >= 0.3 is 0 Å². The third-order valence-corrected chi connectivity index (χ3v) is 3.78. The second kappa shape index (κ2) is 6.29. The molecule has 0 saturated carbocycles. The molecule has 2 aromatic carbocycles. The first-order valence-electron chi connectivity index (χ1n) is 6.09.